The van der Waals surface area contributed by atoms with Crippen molar-refractivity contribution in [3.63, 3.8) is 0 Å². The Labute approximate surface area is 164 Å². The van der Waals surface area contributed by atoms with E-state index in [1.54, 1.807) is 0 Å². The zero-order valence-electron chi connectivity index (χ0n) is 16.7. The highest BCUT2D eigenvalue weighted by atomic mass is 16.3. The van der Waals surface area contributed by atoms with Crippen molar-refractivity contribution in [3.05, 3.63) is 35.9 Å². The summed E-state index contributed by atoms with van der Waals surface area (Å²) in [5, 5.41) is 10.1. The molecule has 0 bridgehead atoms. The van der Waals surface area contributed by atoms with Crippen LogP contribution in [0.4, 0.5) is 0 Å². The molecule has 150 valence electrons. The molecule has 1 aromatic rings. The topological polar surface area (TPSA) is 47.5 Å². The van der Waals surface area contributed by atoms with Crippen LogP contribution in [0.2, 0.25) is 0 Å². The highest BCUT2D eigenvalue weighted by molar-refractivity contribution is 5.17. The first kappa shape index (κ1) is 19.4. The van der Waals surface area contributed by atoms with Gasteiger partial charge in [-0.05, 0) is 62.1 Å². The van der Waals surface area contributed by atoms with Crippen LogP contribution >= 0.6 is 0 Å². The Morgan fingerprint density at radius 2 is 1.78 bits per heavy atom. The van der Waals surface area contributed by atoms with E-state index in [9.17, 15) is 5.11 Å². The quantitative estimate of drug-likeness (QED) is 0.719. The lowest BCUT2D eigenvalue weighted by atomic mass is 9.74. The van der Waals surface area contributed by atoms with Crippen molar-refractivity contribution in [3.8, 4) is 0 Å². The molecule has 2 saturated heterocycles. The summed E-state index contributed by atoms with van der Waals surface area (Å²) in [5.74, 6) is 1.59. The summed E-state index contributed by atoms with van der Waals surface area (Å²) >= 11 is 0. The van der Waals surface area contributed by atoms with Gasteiger partial charge >= 0.3 is 0 Å². The van der Waals surface area contributed by atoms with Gasteiger partial charge < -0.3 is 10.0 Å². The van der Waals surface area contributed by atoms with E-state index in [0.29, 0.717) is 12.6 Å². The number of hydrazine groups is 1. The van der Waals surface area contributed by atoms with Crippen LogP contribution in [-0.2, 0) is 6.42 Å². The van der Waals surface area contributed by atoms with Crippen molar-refractivity contribution in [1.29, 1.82) is 0 Å². The minimum Gasteiger partial charge on any atom is -0.396 e. The maximum atomic E-state index is 10.1. The van der Waals surface area contributed by atoms with Crippen molar-refractivity contribution in [1.82, 2.24) is 15.8 Å². The number of likely N-dealkylation sites (tertiary alicyclic amines) is 1. The molecule has 1 aliphatic carbocycles. The maximum absolute atomic E-state index is 10.1. The van der Waals surface area contributed by atoms with Gasteiger partial charge in [-0.2, -0.15) is 0 Å². The van der Waals surface area contributed by atoms with E-state index < -0.39 is 0 Å². The zero-order chi connectivity index (χ0) is 18.5. The number of piperidine rings is 1. The Balaban J connectivity index is 1.30. The van der Waals surface area contributed by atoms with E-state index in [1.807, 2.05) is 0 Å². The van der Waals surface area contributed by atoms with Crippen LogP contribution in [0.15, 0.2) is 30.3 Å². The maximum Gasteiger partial charge on any atom is 0.0491 e. The van der Waals surface area contributed by atoms with Gasteiger partial charge in [0, 0.05) is 31.7 Å². The van der Waals surface area contributed by atoms with Crippen LogP contribution in [0.25, 0.3) is 0 Å². The Kier molecular flexibility index (Phi) is 6.49. The summed E-state index contributed by atoms with van der Waals surface area (Å²) < 4.78 is 0. The fourth-order valence-electron chi connectivity index (χ4n) is 5.69. The van der Waals surface area contributed by atoms with Gasteiger partial charge in [0.1, 0.15) is 0 Å². The first-order valence-corrected chi connectivity index (χ1v) is 11.1. The Morgan fingerprint density at radius 3 is 2.48 bits per heavy atom. The Hall–Kier alpha value is -0.940. The Bertz CT molecular complexity index is 564. The molecule has 27 heavy (non-hydrogen) atoms. The van der Waals surface area contributed by atoms with Crippen molar-refractivity contribution >= 4 is 0 Å². The van der Waals surface area contributed by atoms with Crippen LogP contribution in [-0.4, -0.2) is 48.8 Å². The molecule has 2 atom stereocenters. The molecule has 0 amide bonds. The van der Waals surface area contributed by atoms with E-state index in [-0.39, 0.29) is 5.41 Å². The number of benzene rings is 1. The van der Waals surface area contributed by atoms with E-state index in [2.05, 4.69) is 46.1 Å². The molecule has 3 aliphatic rings. The van der Waals surface area contributed by atoms with Crippen molar-refractivity contribution < 1.29 is 5.11 Å². The fraction of sp³-hybridized carbons (Fsp3) is 0.739. The number of hydrogen-bond acceptors (Lipinski definition) is 4. The SMILES string of the molecule is OCC1(Cc2ccccc2)CCN(CC2CNNC2C2CCCCC2)CC1. The molecule has 2 aliphatic heterocycles. The third-order valence-corrected chi connectivity index (χ3v) is 7.47. The molecule has 0 aromatic heterocycles. The van der Waals surface area contributed by atoms with Gasteiger partial charge in [0.05, 0.1) is 0 Å². The molecule has 1 saturated carbocycles. The molecule has 0 spiro atoms. The third-order valence-electron chi connectivity index (χ3n) is 7.47. The summed E-state index contributed by atoms with van der Waals surface area (Å²) in [6.45, 7) is 4.87. The van der Waals surface area contributed by atoms with Gasteiger partial charge in [-0.3, -0.25) is 10.9 Å². The van der Waals surface area contributed by atoms with Gasteiger partial charge in [0.2, 0.25) is 0 Å². The van der Waals surface area contributed by atoms with Crippen molar-refractivity contribution in [2.75, 3.05) is 32.8 Å². The van der Waals surface area contributed by atoms with Crippen molar-refractivity contribution in [2.45, 2.75) is 57.4 Å². The predicted octanol–water partition coefficient (Wildman–Crippen LogP) is 2.98. The lowest BCUT2D eigenvalue weighted by molar-refractivity contribution is 0.0366. The molecule has 3 fully saturated rings. The molecule has 3 N–H and O–H groups in total. The molecule has 0 radical (unpaired) electrons. The second kappa shape index (κ2) is 9.04. The summed E-state index contributed by atoms with van der Waals surface area (Å²) in [7, 11) is 0. The average molecular weight is 372 g/mol. The van der Waals surface area contributed by atoms with Gasteiger partial charge in [0.15, 0.2) is 0 Å². The number of aliphatic hydroxyl groups is 1. The highest BCUT2D eigenvalue weighted by Crippen LogP contribution is 2.36. The largest absolute Gasteiger partial charge is 0.396 e. The van der Waals surface area contributed by atoms with Crippen LogP contribution < -0.4 is 10.9 Å². The molecule has 4 heteroatoms. The molecule has 2 heterocycles. The van der Waals surface area contributed by atoms with Crippen LogP contribution in [0, 0.1) is 17.3 Å². The lowest BCUT2D eigenvalue weighted by Gasteiger charge is -2.42. The normalized spacial score (nSPS) is 29.8. The van der Waals surface area contributed by atoms with Gasteiger partial charge in [0.25, 0.3) is 0 Å². The van der Waals surface area contributed by atoms with Crippen LogP contribution in [0.5, 0.6) is 0 Å². The molecule has 4 nitrogen and oxygen atoms in total. The summed E-state index contributed by atoms with van der Waals surface area (Å²) in [6.07, 6.45) is 10.3. The third kappa shape index (κ3) is 4.73. The number of rotatable bonds is 6. The summed E-state index contributed by atoms with van der Waals surface area (Å²) in [4.78, 5) is 2.66. The standard InChI is InChI=1S/C23H37N3O/c27-18-23(15-19-7-3-1-4-8-19)11-13-26(14-12-23)17-21-16-24-25-22(21)20-9-5-2-6-10-20/h1,3-4,7-8,20-22,24-25,27H,2,5-6,9-18H2. The first-order chi connectivity index (χ1) is 13.3. The minimum atomic E-state index is 0.0762. The molecule has 1 aromatic carbocycles. The van der Waals surface area contributed by atoms with E-state index in [4.69, 9.17) is 0 Å². The van der Waals surface area contributed by atoms with Crippen molar-refractivity contribution in [2.24, 2.45) is 17.3 Å². The second-order valence-electron chi connectivity index (χ2n) is 9.33. The van der Waals surface area contributed by atoms with Gasteiger partial charge in [-0.15, -0.1) is 0 Å². The number of hydrogen-bond donors (Lipinski definition) is 3. The minimum absolute atomic E-state index is 0.0762. The smallest absolute Gasteiger partial charge is 0.0491 e. The molecular formula is C23H37N3O. The summed E-state index contributed by atoms with van der Waals surface area (Å²) in [5.41, 5.74) is 8.50. The fourth-order valence-corrected chi connectivity index (χ4v) is 5.69. The van der Waals surface area contributed by atoms with E-state index in [1.165, 1.54) is 44.2 Å². The van der Waals surface area contributed by atoms with Gasteiger partial charge in [-0.25, -0.2) is 0 Å². The Morgan fingerprint density at radius 1 is 1.04 bits per heavy atom. The number of nitrogens with zero attached hydrogens (tertiary/aromatic N) is 1. The first-order valence-electron chi connectivity index (χ1n) is 11.1. The van der Waals surface area contributed by atoms with E-state index >= 15 is 0 Å². The highest BCUT2D eigenvalue weighted by Gasteiger charge is 2.38. The summed E-state index contributed by atoms with van der Waals surface area (Å²) in [6, 6.07) is 11.4. The number of nitrogens with one attached hydrogen (secondary N) is 2. The predicted molar refractivity (Wildman–Crippen MR) is 110 cm³/mol. The molecular weight excluding hydrogens is 334 g/mol. The van der Waals surface area contributed by atoms with Crippen LogP contribution in [0.1, 0.15) is 50.5 Å². The molecule has 2 unspecified atom stereocenters. The number of aliphatic hydroxyl groups excluding tert-OH is 1. The van der Waals surface area contributed by atoms with Crippen LogP contribution in [0.3, 0.4) is 0 Å². The monoisotopic (exact) mass is 371 g/mol. The average Bonchev–Trinajstić information content (AvgIpc) is 3.19. The van der Waals surface area contributed by atoms with Gasteiger partial charge in [-0.1, -0.05) is 49.6 Å². The zero-order valence-corrected chi connectivity index (χ0v) is 16.7. The molecule has 4 rings (SSSR count). The second-order valence-corrected chi connectivity index (χ2v) is 9.33. The lowest BCUT2D eigenvalue weighted by Crippen LogP contribution is -2.47. The van der Waals surface area contributed by atoms with E-state index in [0.717, 1.165) is 50.7 Å².